The van der Waals surface area contributed by atoms with Gasteiger partial charge in [-0.2, -0.15) is 0 Å². The number of hydrogen-bond donors (Lipinski definition) is 0. The minimum absolute atomic E-state index is 0.215. The summed E-state index contributed by atoms with van der Waals surface area (Å²) in [5.41, 5.74) is 3.09. The summed E-state index contributed by atoms with van der Waals surface area (Å²) < 4.78 is 0. The number of carbonyl (C=O) groups excluding carboxylic acids is 1. The zero-order chi connectivity index (χ0) is 14.8. The third-order valence-corrected chi connectivity index (χ3v) is 4.99. The number of amides is 1. The van der Waals surface area contributed by atoms with Gasteiger partial charge in [-0.05, 0) is 23.0 Å². The molecule has 0 N–H and O–H groups in total. The van der Waals surface area contributed by atoms with E-state index >= 15 is 0 Å². The second kappa shape index (κ2) is 5.99. The molecule has 1 aliphatic rings. The van der Waals surface area contributed by atoms with E-state index in [0.29, 0.717) is 12.3 Å². The fourth-order valence-corrected chi connectivity index (χ4v) is 3.13. The molecule has 0 bridgehead atoms. The van der Waals surface area contributed by atoms with Gasteiger partial charge in [-0.15, -0.1) is 0 Å². The van der Waals surface area contributed by atoms with Gasteiger partial charge in [0.25, 0.3) is 0 Å². The Morgan fingerprint density at radius 3 is 2.65 bits per heavy atom. The Morgan fingerprint density at radius 1 is 1.30 bits per heavy atom. The summed E-state index contributed by atoms with van der Waals surface area (Å²) in [5.74, 6) is 0.719. The lowest BCUT2D eigenvalue weighted by Crippen LogP contribution is -2.37. The number of benzene rings is 1. The van der Waals surface area contributed by atoms with Gasteiger partial charge in [0.2, 0.25) is 5.91 Å². The normalized spacial score (nSPS) is 19.4. The third-order valence-electron chi connectivity index (χ3n) is 4.99. The van der Waals surface area contributed by atoms with Crippen LogP contribution >= 0.6 is 0 Å². The van der Waals surface area contributed by atoms with Gasteiger partial charge in [0.1, 0.15) is 0 Å². The average Bonchev–Trinajstić information content (AvgIpc) is 2.66. The summed E-state index contributed by atoms with van der Waals surface area (Å²) >= 11 is 0. The van der Waals surface area contributed by atoms with E-state index in [-0.39, 0.29) is 11.3 Å². The smallest absolute Gasteiger partial charge is 0.222 e. The van der Waals surface area contributed by atoms with Crippen molar-refractivity contribution in [3.05, 3.63) is 35.4 Å². The van der Waals surface area contributed by atoms with Crippen LogP contribution < -0.4 is 0 Å². The molecule has 110 valence electrons. The molecule has 0 aliphatic carbocycles. The Balaban J connectivity index is 2.40. The molecule has 1 unspecified atom stereocenters. The highest BCUT2D eigenvalue weighted by Crippen LogP contribution is 2.41. The maximum absolute atomic E-state index is 12.2. The van der Waals surface area contributed by atoms with Gasteiger partial charge in [-0.3, -0.25) is 4.79 Å². The summed E-state index contributed by atoms with van der Waals surface area (Å²) in [6.07, 6.45) is 2.72. The maximum Gasteiger partial charge on any atom is 0.222 e. The van der Waals surface area contributed by atoms with Crippen molar-refractivity contribution in [1.29, 1.82) is 0 Å². The fraction of sp³-hybridized carbons (Fsp3) is 0.611. The van der Waals surface area contributed by atoms with Crippen molar-refractivity contribution in [3.8, 4) is 0 Å². The van der Waals surface area contributed by atoms with Gasteiger partial charge in [0.05, 0.1) is 0 Å². The van der Waals surface area contributed by atoms with E-state index < -0.39 is 0 Å². The van der Waals surface area contributed by atoms with Crippen molar-refractivity contribution < 1.29 is 4.79 Å². The van der Waals surface area contributed by atoms with Crippen LogP contribution in [0.15, 0.2) is 24.3 Å². The molecule has 20 heavy (non-hydrogen) atoms. The van der Waals surface area contributed by atoms with Crippen molar-refractivity contribution in [2.24, 2.45) is 5.41 Å². The lowest BCUT2D eigenvalue weighted by atomic mass is 9.72. The molecule has 0 aromatic heterocycles. The average molecular weight is 273 g/mol. The first-order valence-corrected chi connectivity index (χ1v) is 7.85. The standard InChI is InChI=1S/C18H27NO/c1-5-17(20)19-12-11-14-9-7-8-10-15(14)16(13-19)18(3,4)6-2/h7-10,16H,5-6,11-13H2,1-4H3. The van der Waals surface area contributed by atoms with E-state index in [2.05, 4.69) is 49.9 Å². The highest BCUT2D eigenvalue weighted by Gasteiger charge is 2.34. The van der Waals surface area contributed by atoms with Gasteiger partial charge >= 0.3 is 0 Å². The lowest BCUT2D eigenvalue weighted by Gasteiger charge is -2.36. The van der Waals surface area contributed by atoms with Crippen LogP contribution in [-0.2, 0) is 11.2 Å². The molecule has 0 spiro atoms. The molecule has 0 saturated heterocycles. The third kappa shape index (κ3) is 2.89. The van der Waals surface area contributed by atoms with E-state index in [9.17, 15) is 4.79 Å². The Morgan fingerprint density at radius 2 is 2.00 bits per heavy atom. The minimum atomic E-state index is 0.215. The molecule has 0 radical (unpaired) electrons. The number of hydrogen-bond acceptors (Lipinski definition) is 1. The first-order valence-electron chi connectivity index (χ1n) is 7.85. The highest BCUT2D eigenvalue weighted by atomic mass is 16.2. The van der Waals surface area contributed by atoms with E-state index in [0.717, 1.165) is 25.9 Å². The van der Waals surface area contributed by atoms with Gasteiger partial charge < -0.3 is 4.90 Å². The molecule has 1 aliphatic heterocycles. The van der Waals surface area contributed by atoms with Crippen molar-refractivity contribution in [2.75, 3.05) is 13.1 Å². The van der Waals surface area contributed by atoms with Crippen LogP contribution in [0.2, 0.25) is 0 Å². The number of rotatable bonds is 3. The molecule has 1 aromatic rings. The molecule has 1 heterocycles. The van der Waals surface area contributed by atoms with Crippen LogP contribution in [0.5, 0.6) is 0 Å². The quantitative estimate of drug-likeness (QED) is 0.815. The van der Waals surface area contributed by atoms with E-state index in [1.54, 1.807) is 0 Å². The summed E-state index contributed by atoms with van der Waals surface area (Å²) in [4.78, 5) is 14.2. The van der Waals surface area contributed by atoms with Crippen LogP contribution in [0.4, 0.5) is 0 Å². The Bertz CT molecular complexity index is 478. The Labute approximate surface area is 123 Å². The van der Waals surface area contributed by atoms with Crippen LogP contribution in [0.25, 0.3) is 0 Å². The molecule has 2 nitrogen and oxygen atoms in total. The monoisotopic (exact) mass is 273 g/mol. The fourth-order valence-electron chi connectivity index (χ4n) is 3.13. The predicted octanol–water partition coefficient (Wildman–Crippen LogP) is 4.00. The Hall–Kier alpha value is -1.31. The van der Waals surface area contributed by atoms with E-state index in [1.165, 1.54) is 11.1 Å². The van der Waals surface area contributed by atoms with Crippen LogP contribution in [0.1, 0.15) is 57.6 Å². The molecule has 1 aromatic carbocycles. The highest BCUT2D eigenvalue weighted by molar-refractivity contribution is 5.76. The largest absolute Gasteiger partial charge is 0.342 e. The zero-order valence-corrected chi connectivity index (χ0v) is 13.3. The van der Waals surface area contributed by atoms with Crippen molar-refractivity contribution in [1.82, 2.24) is 4.90 Å². The van der Waals surface area contributed by atoms with Gasteiger partial charge in [0.15, 0.2) is 0 Å². The molecule has 1 atom stereocenters. The SMILES string of the molecule is CCC(=O)N1CCc2ccccc2C(C(C)(C)CC)C1. The van der Waals surface area contributed by atoms with Gasteiger partial charge in [-0.1, -0.05) is 58.4 Å². The first kappa shape index (κ1) is 15.1. The predicted molar refractivity (Wildman–Crippen MR) is 83.8 cm³/mol. The van der Waals surface area contributed by atoms with Gasteiger partial charge in [-0.25, -0.2) is 0 Å². The minimum Gasteiger partial charge on any atom is -0.342 e. The van der Waals surface area contributed by atoms with E-state index in [1.807, 2.05) is 6.92 Å². The maximum atomic E-state index is 12.2. The second-order valence-corrected chi connectivity index (χ2v) is 6.54. The summed E-state index contributed by atoms with van der Waals surface area (Å²) in [7, 11) is 0. The van der Waals surface area contributed by atoms with Crippen LogP contribution in [0.3, 0.4) is 0 Å². The molecular weight excluding hydrogens is 246 g/mol. The number of carbonyl (C=O) groups is 1. The zero-order valence-electron chi connectivity index (χ0n) is 13.3. The van der Waals surface area contributed by atoms with Crippen molar-refractivity contribution in [2.45, 2.75) is 52.9 Å². The summed E-state index contributed by atoms with van der Waals surface area (Å²) in [6.45, 7) is 10.6. The molecule has 2 rings (SSSR count). The van der Waals surface area contributed by atoms with Crippen molar-refractivity contribution >= 4 is 5.91 Å². The van der Waals surface area contributed by atoms with Crippen LogP contribution in [0, 0.1) is 5.41 Å². The van der Waals surface area contributed by atoms with E-state index in [4.69, 9.17) is 0 Å². The molecule has 2 heteroatoms. The van der Waals surface area contributed by atoms with Crippen molar-refractivity contribution in [3.63, 3.8) is 0 Å². The Kier molecular flexibility index (Phi) is 4.52. The second-order valence-electron chi connectivity index (χ2n) is 6.54. The molecule has 0 fully saturated rings. The molecular formula is C18H27NO. The summed E-state index contributed by atoms with van der Waals surface area (Å²) in [6, 6.07) is 8.74. The van der Waals surface area contributed by atoms with Gasteiger partial charge in [0, 0.05) is 25.4 Å². The topological polar surface area (TPSA) is 20.3 Å². The summed E-state index contributed by atoms with van der Waals surface area (Å²) in [5, 5.41) is 0. The van der Waals surface area contributed by atoms with Crippen LogP contribution in [-0.4, -0.2) is 23.9 Å². The lowest BCUT2D eigenvalue weighted by molar-refractivity contribution is -0.131. The number of nitrogens with zero attached hydrogens (tertiary/aromatic N) is 1. The molecule has 1 amide bonds. The number of fused-ring (bicyclic) bond motifs is 1. The molecule has 0 saturated carbocycles. The first-order chi connectivity index (χ1) is 9.49.